The Balaban J connectivity index is 1.50. The maximum Gasteiger partial charge on any atom is 0.339 e. The van der Waals surface area contributed by atoms with E-state index in [1.54, 1.807) is 0 Å². The minimum Gasteiger partial charge on any atom is -0.481 e. The molecule has 0 saturated heterocycles. The Bertz CT molecular complexity index is 724. The van der Waals surface area contributed by atoms with E-state index in [0.29, 0.717) is 24.2 Å². The molecule has 6 heteroatoms. The molecule has 0 spiro atoms. The van der Waals surface area contributed by atoms with Crippen molar-refractivity contribution < 1.29 is 14.7 Å². The fourth-order valence-corrected chi connectivity index (χ4v) is 4.81. The second-order valence-electron chi connectivity index (χ2n) is 8.12. The summed E-state index contributed by atoms with van der Waals surface area (Å²) in [6.07, 6.45) is 14.1. The van der Waals surface area contributed by atoms with E-state index in [1.807, 2.05) is 36.5 Å². The van der Waals surface area contributed by atoms with Gasteiger partial charge in [-0.05, 0) is 74.8 Å². The molecule has 3 aliphatic carbocycles. The van der Waals surface area contributed by atoms with Gasteiger partial charge < -0.3 is 10.4 Å². The molecular formula is C23H31N3O3. The number of carboxylic acid groups (broad SMARTS) is 1. The number of carbonyl (C=O) groups excluding carboxylic acids is 1. The highest BCUT2D eigenvalue weighted by Crippen LogP contribution is 2.49. The number of carboxylic acids is 1. The number of para-hydroxylation sites is 1. The summed E-state index contributed by atoms with van der Waals surface area (Å²) in [5.41, 5.74) is 3.34. The zero-order chi connectivity index (χ0) is 20.5. The van der Waals surface area contributed by atoms with Crippen molar-refractivity contribution in [1.29, 1.82) is 0 Å². The number of carbonyl (C=O) groups is 2. The van der Waals surface area contributed by atoms with Crippen molar-refractivity contribution >= 4 is 23.9 Å². The minimum atomic E-state index is -0.733. The molecule has 0 radical (unpaired) electrons. The fraction of sp³-hybridized carbons (Fsp3) is 0.522. The van der Waals surface area contributed by atoms with Gasteiger partial charge in [0.25, 0.3) is 0 Å². The molecule has 2 atom stereocenters. The van der Waals surface area contributed by atoms with E-state index in [0.717, 1.165) is 24.4 Å². The minimum absolute atomic E-state index is 0.227. The molecule has 0 aromatic heterocycles. The molecule has 3 saturated carbocycles. The first-order chi connectivity index (χ1) is 14.1. The third-order valence-electron chi connectivity index (χ3n) is 6.24. The van der Waals surface area contributed by atoms with Crippen LogP contribution in [0.15, 0.2) is 47.6 Å². The predicted octanol–water partition coefficient (Wildman–Crippen LogP) is 5.05. The van der Waals surface area contributed by atoms with E-state index in [4.69, 9.17) is 5.11 Å². The number of nitrogens with one attached hydrogen (secondary N) is 2. The van der Waals surface area contributed by atoms with Crippen LogP contribution >= 0.6 is 0 Å². The zero-order valence-corrected chi connectivity index (χ0v) is 16.8. The molecule has 0 aliphatic heterocycles. The fourth-order valence-electron chi connectivity index (χ4n) is 4.81. The monoisotopic (exact) mass is 397 g/mol. The number of nitrogens with zero attached hydrogens (tertiary/aromatic N) is 1. The van der Waals surface area contributed by atoms with Crippen LogP contribution in [0.2, 0.25) is 0 Å². The third-order valence-corrected chi connectivity index (χ3v) is 6.24. The number of anilines is 1. The van der Waals surface area contributed by atoms with Crippen molar-refractivity contribution in [3.05, 3.63) is 42.5 Å². The maximum absolute atomic E-state index is 12.0. The summed E-state index contributed by atoms with van der Waals surface area (Å²) in [7, 11) is 0. The van der Waals surface area contributed by atoms with E-state index >= 15 is 0 Å². The number of urea groups is 1. The number of benzene rings is 1. The molecule has 1 aromatic carbocycles. The van der Waals surface area contributed by atoms with Crippen LogP contribution in [0.4, 0.5) is 10.5 Å². The number of aliphatic carboxylic acids is 1. The molecule has 1 aromatic rings. The summed E-state index contributed by atoms with van der Waals surface area (Å²) in [5.74, 6) is 1.58. The molecule has 3 fully saturated rings. The van der Waals surface area contributed by atoms with Crippen LogP contribution in [-0.2, 0) is 4.79 Å². The summed E-state index contributed by atoms with van der Waals surface area (Å²) < 4.78 is 0. The van der Waals surface area contributed by atoms with Gasteiger partial charge in [-0.25, -0.2) is 10.2 Å². The van der Waals surface area contributed by atoms with Gasteiger partial charge in [-0.2, -0.15) is 5.10 Å². The van der Waals surface area contributed by atoms with Crippen LogP contribution in [0.1, 0.15) is 51.4 Å². The lowest BCUT2D eigenvalue weighted by molar-refractivity contribution is -0.137. The van der Waals surface area contributed by atoms with Crippen LogP contribution in [0, 0.1) is 23.7 Å². The number of amides is 2. The maximum atomic E-state index is 12.0. The molecule has 4 rings (SSSR count). The standard InChI is InChI=1S/C23H31N3O3/c27-22(28)11-7-2-1-6-10-20-17-12-14-18(15-13-17)21(20)16-24-26-23(29)25-19-8-4-3-5-9-19/h1,3-6,8-9,16-18,20-21H,2,7,10-15H2,(H,27,28)(H2,25,26,29)/b6-1-,24-16?/t17?,18?,20-,21-/m0/s1. The van der Waals surface area contributed by atoms with Crippen LogP contribution in [0.3, 0.4) is 0 Å². The Morgan fingerprint density at radius 2 is 1.79 bits per heavy atom. The lowest BCUT2D eigenvalue weighted by Gasteiger charge is -2.47. The van der Waals surface area contributed by atoms with Gasteiger partial charge in [-0.3, -0.25) is 4.79 Å². The largest absolute Gasteiger partial charge is 0.481 e. The Hall–Kier alpha value is -2.63. The van der Waals surface area contributed by atoms with Crippen LogP contribution in [-0.4, -0.2) is 23.3 Å². The molecule has 2 bridgehead atoms. The number of hydrogen-bond acceptors (Lipinski definition) is 3. The second-order valence-corrected chi connectivity index (χ2v) is 8.12. The third kappa shape index (κ3) is 6.44. The Morgan fingerprint density at radius 3 is 2.52 bits per heavy atom. The van der Waals surface area contributed by atoms with Gasteiger partial charge in [0, 0.05) is 24.2 Å². The highest BCUT2D eigenvalue weighted by molar-refractivity contribution is 5.89. The lowest BCUT2D eigenvalue weighted by Crippen LogP contribution is -2.41. The van der Waals surface area contributed by atoms with Crippen molar-refractivity contribution in [1.82, 2.24) is 5.43 Å². The summed E-state index contributed by atoms with van der Waals surface area (Å²) in [6.45, 7) is 0. The molecular weight excluding hydrogens is 366 g/mol. The van der Waals surface area contributed by atoms with Gasteiger partial charge in [0.2, 0.25) is 0 Å². The van der Waals surface area contributed by atoms with Crippen molar-refractivity contribution in [3.63, 3.8) is 0 Å². The molecule has 0 unspecified atom stereocenters. The van der Waals surface area contributed by atoms with Gasteiger partial charge in [-0.15, -0.1) is 0 Å². The quantitative estimate of drug-likeness (QED) is 0.236. The van der Waals surface area contributed by atoms with Crippen molar-refractivity contribution in [2.75, 3.05) is 5.32 Å². The molecule has 29 heavy (non-hydrogen) atoms. The van der Waals surface area contributed by atoms with E-state index < -0.39 is 5.97 Å². The average Bonchev–Trinajstić information content (AvgIpc) is 2.72. The van der Waals surface area contributed by atoms with Gasteiger partial charge >= 0.3 is 12.0 Å². The highest BCUT2D eigenvalue weighted by atomic mass is 16.4. The van der Waals surface area contributed by atoms with E-state index in [-0.39, 0.29) is 12.5 Å². The summed E-state index contributed by atoms with van der Waals surface area (Å²) in [4.78, 5) is 22.6. The Labute approximate surface area is 172 Å². The summed E-state index contributed by atoms with van der Waals surface area (Å²) in [6, 6.07) is 8.99. The molecule has 0 heterocycles. The van der Waals surface area contributed by atoms with E-state index in [1.165, 1.54) is 25.7 Å². The van der Waals surface area contributed by atoms with Crippen molar-refractivity contribution in [2.24, 2.45) is 28.8 Å². The normalized spacial score (nSPS) is 26.1. The first-order valence-electron chi connectivity index (χ1n) is 10.7. The second kappa shape index (κ2) is 10.8. The van der Waals surface area contributed by atoms with Crippen LogP contribution in [0.5, 0.6) is 0 Å². The summed E-state index contributed by atoms with van der Waals surface area (Å²) >= 11 is 0. The average molecular weight is 398 g/mol. The molecule has 2 amide bonds. The van der Waals surface area contributed by atoms with Gasteiger partial charge in [0.05, 0.1) is 0 Å². The number of allylic oxidation sites excluding steroid dienone is 2. The van der Waals surface area contributed by atoms with Crippen LogP contribution < -0.4 is 10.7 Å². The number of fused-ring (bicyclic) bond motifs is 3. The molecule has 156 valence electrons. The van der Waals surface area contributed by atoms with E-state index in [9.17, 15) is 9.59 Å². The number of hydrogen-bond donors (Lipinski definition) is 3. The van der Waals surface area contributed by atoms with Crippen molar-refractivity contribution in [2.45, 2.75) is 51.4 Å². The van der Waals surface area contributed by atoms with Crippen LogP contribution in [0.25, 0.3) is 0 Å². The SMILES string of the molecule is O=C(O)CCC/C=C\C[C@H]1C2CCC(CC2)[C@@H]1C=NNC(=O)Nc1ccccc1. The Kier molecular flexibility index (Phi) is 7.85. The van der Waals surface area contributed by atoms with Crippen molar-refractivity contribution in [3.8, 4) is 0 Å². The van der Waals surface area contributed by atoms with Gasteiger partial charge in [0.1, 0.15) is 0 Å². The Morgan fingerprint density at radius 1 is 1.07 bits per heavy atom. The van der Waals surface area contributed by atoms with Gasteiger partial charge in [-0.1, -0.05) is 30.4 Å². The topological polar surface area (TPSA) is 90.8 Å². The number of rotatable bonds is 9. The zero-order valence-electron chi connectivity index (χ0n) is 16.8. The first kappa shape index (κ1) is 21.1. The number of hydrazone groups is 1. The molecule has 3 N–H and O–H groups in total. The van der Waals surface area contributed by atoms with E-state index in [2.05, 4.69) is 28.0 Å². The predicted molar refractivity (Wildman–Crippen MR) is 115 cm³/mol. The highest BCUT2D eigenvalue weighted by Gasteiger charge is 2.42. The summed E-state index contributed by atoms with van der Waals surface area (Å²) in [5, 5.41) is 15.7. The first-order valence-corrected chi connectivity index (χ1v) is 10.7. The molecule has 3 aliphatic rings. The molecule has 6 nitrogen and oxygen atoms in total. The number of unbranched alkanes of at least 4 members (excludes halogenated alkanes) is 1. The lowest BCUT2D eigenvalue weighted by atomic mass is 9.58. The smallest absolute Gasteiger partial charge is 0.339 e. The van der Waals surface area contributed by atoms with Gasteiger partial charge in [0.15, 0.2) is 0 Å².